The molecule has 2 N–H and O–H groups in total. The minimum Gasteiger partial charge on any atom is -0.497 e. The van der Waals surface area contributed by atoms with Crippen LogP contribution in [0.4, 0.5) is 5.69 Å². The van der Waals surface area contributed by atoms with E-state index in [9.17, 15) is 14.4 Å². The molecule has 0 fully saturated rings. The van der Waals surface area contributed by atoms with Crippen LogP contribution in [0, 0.1) is 12.8 Å². The molecular formula is C25H30N4O5. The van der Waals surface area contributed by atoms with Gasteiger partial charge < -0.3 is 20.1 Å². The number of nitrogens with zero attached hydrogens (tertiary/aromatic N) is 2. The lowest BCUT2D eigenvalue weighted by atomic mass is 10.0. The number of aromatic nitrogens is 2. The van der Waals surface area contributed by atoms with Gasteiger partial charge in [-0.3, -0.25) is 19.1 Å². The highest BCUT2D eigenvalue weighted by molar-refractivity contribution is 6.01. The van der Waals surface area contributed by atoms with Gasteiger partial charge in [0.1, 0.15) is 23.2 Å². The first-order chi connectivity index (χ1) is 16.2. The molecule has 9 nitrogen and oxygen atoms in total. The molecule has 2 amide bonds. The summed E-state index contributed by atoms with van der Waals surface area (Å²) >= 11 is 0. The Morgan fingerprint density at radius 3 is 2.09 bits per heavy atom. The molecule has 180 valence electrons. The van der Waals surface area contributed by atoms with Crippen molar-refractivity contribution >= 4 is 17.5 Å². The van der Waals surface area contributed by atoms with E-state index in [4.69, 9.17) is 9.47 Å². The molecule has 0 spiro atoms. The molecule has 9 heteroatoms. The first-order valence-corrected chi connectivity index (χ1v) is 10.9. The summed E-state index contributed by atoms with van der Waals surface area (Å²) in [5.41, 5.74) is 1.37. The van der Waals surface area contributed by atoms with Gasteiger partial charge in [0.05, 0.1) is 25.6 Å². The molecule has 0 aliphatic rings. The van der Waals surface area contributed by atoms with Gasteiger partial charge in [-0.05, 0) is 37.1 Å². The monoisotopic (exact) mass is 466 g/mol. The number of hydrogen-bond donors (Lipinski definition) is 2. The third-order valence-electron chi connectivity index (χ3n) is 5.65. The maximum atomic E-state index is 13.2. The average molecular weight is 467 g/mol. The maximum absolute atomic E-state index is 13.2. The standard InChI is InChI=1S/C25H30N4O5/c1-15(2)21(26-23(30)17-12-19(33-5)14-20(13-17)34-6)24(31)27-22-16(3)28(4)29(25(22)32)18-10-8-7-9-11-18/h7-15,21H,1-6H3,(H,26,30)(H,27,31)/t21-/m0/s1. The lowest BCUT2D eigenvalue weighted by molar-refractivity contribution is -0.118. The number of carbonyl (C=O) groups excluding carboxylic acids is 2. The SMILES string of the molecule is COc1cc(OC)cc(C(=O)N[C@H](C(=O)Nc2c(C)n(C)n(-c3ccccc3)c2=O)C(C)C)c1. The smallest absolute Gasteiger partial charge is 0.295 e. The van der Waals surface area contributed by atoms with Crippen molar-refractivity contribution in [1.29, 1.82) is 0 Å². The van der Waals surface area contributed by atoms with Crippen molar-refractivity contribution in [1.82, 2.24) is 14.7 Å². The molecule has 0 saturated heterocycles. The molecular weight excluding hydrogens is 436 g/mol. The van der Waals surface area contributed by atoms with Gasteiger partial charge in [-0.1, -0.05) is 32.0 Å². The summed E-state index contributed by atoms with van der Waals surface area (Å²) in [6, 6.07) is 13.0. The fraction of sp³-hybridized carbons (Fsp3) is 0.320. The molecule has 0 saturated carbocycles. The Labute approximate surface area is 198 Å². The number of methoxy groups -OCH3 is 2. The molecule has 0 aliphatic carbocycles. The van der Waals surface area contributed by atoms with Crippen LogP contribution in [-0.4, -0.2) is 41.4 Å². The minimum atomic E-state index is -0.881. The molecule has 2 aromatic carbocycles. The fourth-order valence-corrected chi connectivity index (χ4v) is 3.61. The van der Waals surface area contributed by atoms with Gasteiger partial charge in [0, 0.05) is 18.7 Å². The lowest BCUT2D eigenvalue weighted by Gasteiger charge is -2.21. The van der Waals surface area contributed by atoms with Crippen LogP contribution in [0.2, 0.25) is 0 Å². The van der Waals surface area contributed by atoms with E-state index in [1.165, 1.54) is 18.9 Å². The minimum absolute atomic E-state index is 0.166. The summed E-state index contributed by atoms with van der Waals surface area (Å²) in [7, 11) is 4.73. The van der Waals surface area contributed by atoms with E-state index in [-0.39, 0.29) is 22.7 Å². The van der Waals surface area contributed by atoms with Crippen molar-refractivity contribution in [3.05, 3.63) is 70.1 Å². The maximum Gasteiger partial charge on any atom is 0.295 e. The Morgan fingerprint density at radius 1 is 0.971 bits per heavy atom. The predicted molar refractivity (Wildman–Crippen MR) is 130 cm³/mol. The van der Waals surface area contributed by atoms with Crippen LogP contribution in [0.3, 0.4) is 0 Å². The van der Waals surface area contributed by atoms with Crippen molar-refractivity contribution in [2.45, 2.75) is 26.8 Å². The summed E-state index contributed by atoms with van der Waals surface area (Å²) in [5, 5.41) is 5.51. The molecule has 0 unspecified atom stereocenters. The number of ether oxygens (including phenoxy) is 2. The average Bonchev–Trinajstić information content (AvgIpc) is 3.04. The van der Waals surface area contributed by atoms with Crippen LogP contribution in [-0.2, 0) is 11.8 Å². The summed E-state index contributed by atoms with van der Waals surface area (Å²) in [4.78, 5) is 39.3. The second-order valence-electron chi connectivity index (χ2n) is 8.22. The van der Waals surface area contributed by atoms with Gasteiger partial charge >= 0.3 is 0 Å². The molecule has 1 heterocycles. The van der Waals surface area contributed by atoms with Crippen molar-refractivity contribution in [2.75, 3.05) is 19.5 Å². The van der Waals surface area contributed by atoms with Crippen molar-refractivity contribution in [3.63, 3.8) is 0 Å². The highest BCUT2D eigenvalue weighted by atomic mass is 16.5. The molecule has 0 bridgehead atoms. The van der Waals surface area contributed by atoms with Crippen LogP contribution in [0.25, 0.3) is 5.69 Å². The number of benzene rings is 2. The van der Waals surface area contributed by atoms with E-state index in [1.54, 1.807) is 36.9 Å². The van der Waals surface area contributed by atoms with E-state index in [2.05, 4.69) is 10.6 Å². The zero-order valence-corrected chi connectivity index (χ0v) is 20.2. The molecule has 3 aromatic rings. The molecule has 0 radical (unpaired) electrons. The van der Waals surface area contributed by atoms with Gasteiger partial charge in [0.15, 0.2) is 0 Å². The topological polar surface area (TPSA) is 104 Å². The number of nitrogens with one attached hydrogen (secondary N) is 2. The van der Waals surface area contributed by atoms with E-state index in [0.29, 0.717) is 22.9 Å². The highest BCUT2D eigenvalue weighted by Gasteiger charge is 2.28. The van der Waals surface area contributed by atoms with Gasteiger partial charge in [0.2, 0.25) is 5.91 Å². The van der Waals surface area contributed by atoms with Crippen molar-refractivity contribution in [3.8, 4) is 17.2 Å². The van der Waals surface area contributed by atoms with Gasteiger partial charge in [0.25, 0.3) is 11.5 Å². The van der Waals surface area contributed by atoms with Crippen molar-refractivity contribution < 1.29 is 19.1 Å². The molecule has 3 rings (SSSR count). The second-order valence-corrected chi connectivity index (χ2v) is 8.22. The fourth-order valence-electron chi connectivity index (χ4n) is 3.61. The van der Waals surface area contributed by atoms with Crippen LogP contribution in [0.1, 0.15) is 29.9 Å². The molecule has 0 aliphatic heterocycles. The van der Waals surface area contributed by atoms with Gasteiger partial charge in [-0.15, -0.1) is 0 Å². The van der Waals surface area contributed by atoms with Crippen LogP contribution in [0.15, 0.2) is 53.3 Å². The highest BCUT2D eigenvalue weighted by Crippen LogP contribution is 2.23. The zero-order chi connectivity index (χ0) is 25.0. The Balaban J connectivity index is 1.87. The van der Waals surface area contributed by atoms with Crippen LogP contribution < -0.4 is 25.7 Å². The Kier molecular flexibility index (Phi) is 7.45. The summed E-state index contributed by atoms with van der Waals surface area (Å²) < 4.78 is 13.6. The Morgan fingerprint density at radius 2 is 1.56 bits per heavy atom. The predicted octanol–water partition coefficient (Wildman–Crippen LogP) is 2.89. The van der Waals surface area contributed by atoms with E-state index >= 15 is 0 Å². The lowest BCUT2D eigenvalue weighted by Crippen LogP contribution is -2.47. The number of hydrogen-bond acceptors (Lipinski definition) is 5. The summed E-state index contributed by atoms with van der Waals surface area (Å²) in [6.07, 6.45) is 0. The van der Waals surface area contributed by atoms with Gasteiger partial charge in [-0.2, -0.15) is 0 Å². The van der Waals surface area contributed by atoms with Crippen molar-refractivity contribution in [2.24, 2.45) is 13.0 Å². The number of anilines is 1. The third kappa shape index (κ3) is 4.98. The van der Waals surface area contributed by atoms with Gasteiger partial charge in [-0.25, -0.2) is 4.68 Å². The van der Waals surface area contributed by atoms with E-state index < -0.39 is 17.9 Å². The second kappa shape index (κ2) is 10.3. The zero-order valence-electron chi connectivity index (χ0n) is 20.2. The van der Waals surface area contributed by atoms with E-state index in [1.807, 2.05) is 44.2 Å². The Hall–Kier alpha value is -4.01. The van der Waals surface area contributed by atoms with Crippen LogP contribution in [0.5, 0.6) is 11.5 Å². The molecule has 34 heavy (non-hydrogen) atoms. The van der Waals surface area contributed by atoms with Crippen LogP contribution >= 0.6 is 0 Å². The first kappa shape index (κ1) is 24.6. The van der Waals surface area contributed by atoms with E-state index in [0.717, 1.165) is 0 Å². The molecule has 1 aromatic heterocycles. The quantitative estimate of drug-likeness (QED) is 0.531. The first-order valence-electron chi connectivity index (χ1n) is 10.9. The number of carbonyl (C=O) groups is 2. The normalized spacial score (nSPS) is 11.7. The largest absolute Gasteiger partial charge is 0.497 e. The summed E-state index contributed by atoms with van der Waals surface area (Å²) in [5.74, 6) is -0.272. The Bertz CT molecular complexity index is 1220. The third-order valence-corrected chi connectivity index (χ3v) is 5.65. The number of amides is 2. The number of para-hydroxylation sites is 1. The molecule has 1 atom stereocenters. The summed E-state index contributed by atoms with van der Waals surface area (Å²) in [6.45, 7) is 5.38. The number of rotatable bonds is 8.